The molecule has 1 aliphatic heterocycles. The highest BCUT2D eigenvalue weighted by atomic mass is 35.5. The van der Waals surface area contributed by atoms with E-state index in [-0.39, 0.29) is 11.8 Å². The van der Waals surface area contributed by atoms with Gasteiger partial charge in [-0.3, -0.25) is 9.69 Å². The maximum Gasteiger partial charge on any atom is 0.228 e. The van der Waals surface area contributed by atoms with Crippen LogP contribution in [0.1, 0.15) is 18.4 Å². The number of benzene rings is 3. The van der Waals surface area contributed by atoms with Crippen LogP contribution in [0.2, 0.25) is 15.1 Å². The molecule has 3 aromatic carbocycles. The van der Waals surface area contributed by atoms with Gasteiger partial charge in [0.15, 0.2) is 5.75 Å². The highest BCUT2D eigenvalue weighted by molar-refractivity contribution is 6.35. The van der Waals surface area contributed by atoms with E-state index in [0.29, 0.717) is 45.3 Å². The lowest BCUT2D eigenvalue weighted by Gasteiger charge is -2.32. The number of amides is 1. The van der Waals surface area contributed by atoms with Crippen LogP contribution in [0.3, 0.4) is 0 Å². The average molecular weight is 490 g/mol. The van der Waals surface area contributed by atoms with Crippen molar-refractivity contribution in [2.75, 3.05) is 18.4 Å². The van der Waals surface area contributed by atoms with Gasteiger partial charge in [-0.25, -0.2) is 0 Å². The number of nitrogens with one attached hydrogen (secondary N) is 1. The lowest BCUT2D eigenvalue weighted by atomic mass is 9.96. The molecule has 3 aromatic rings. The van der Waals surface area contributed by atoms with Crippen LogP contribution in [-0.4, -0.2) is 23.9 Å². The van der Waals surface area contributed by atoms with Gasteiger partial charge in [0.05, 0.1) is 11.6 Å². The Balaban J connectivity index is 1.43. The van der Waals surface area contributed by atoms with E-state index >= 15 is 0 Å². The first-order valence-electron chi connectivity index (χ1n) is 10.5. The normalized spacial score (nSPS) is 16.5. The Bertz CT molecular complexity index is 1090. The van der Waals surface area contributed by atoms with Gasteiger partial charge in [-0.15, -0.1) is 0 Å². The molecule has 0 radical (unpaired) electrons. The zero-order chi connectivity index (χ0) is 22.5. The summed E-state index contributed by atoms with van der Waals surface area (Å²) in [5, 5.41) is 4.82. The standard InChI is InChI=1S/C25H23Cl3N2O2/c26-19-9-8-17(22(28)13-19)15-30-12-4-5-18(16-30)25(31)29-23-14-20(27)10-11-24(23)32-21-6-2-1-3-7-21/h1-3,6-11,13-14,18H,4-5,12,15-16H2,(H,29,31)/t18-/m1/s1. The predicted molar refractivity (Wildman–Crippen MR) is 131 cm³/mol. The topological polar surface area (TPSA) is 41.6 Å². The monoisotopic (exact) mass is 488 g/mol. The fourth-order valence-electron chi connectivity index (χ4n) is 3.84. The molecule has 1 saturated heterocycles. The van der Waals surface area contributed by atoms with Crippen molar-refractivity contribution in [2.24, 2.45) is 5.92 Å². The molecule has 4 rings (SSSR count). The number of ether oxygens (including phenoxy) is 1. The predicted octanol–water partition coefficient (Wildman–Crippen LogP) is 7.29. The summed E-state index contributed by atoms with van der Waals surface area (Å²) in [6, 6.07) is 20.2. The second-order valence-electron chi connectivity index (χ2n) is 7.85. The van der Waals surface area contributed by atoms with Gasteiger partial charge in [-0.1, -0.05) is 59.1 Å². The van der Waals surface area contributed by atoms with E-state index in [1.807, 2.05) is 42.5 Å². The zero-order valence-corrected chi connectivity index (χ0v) is 19.6. The number of nitrogens with zero attached hydrogens (tertiary/aromatic N) is 1. The van der Waals surface area contributed by atoms with E-state index in [9.17, 15) is 4.79 Å². The smallest absolute Gasteiger partial charge is 0.228 e. The molecule has 7 heteroatoms. The Hall–Kier alpha value is -2.24. The first-order valence-corrected chi connectivity index (χ1v) is 11.6. The van der Waals surface area contributed by atoms with E-state index in [2.05, 4.69) is 10.2 Å². The number of carbonyl (C=O) groups excluding carboxylic acids is 1. The molecule has 0 aliphatic carbocycles. The molecular weight excluding hydrogens is 467 g/mol. The van der Waals surface area contributed by atoms with E-state index in [0.717, 1.165) is 24.9 Å². The van der Waals surface area contributed by atoms with Crippen molar-refractivity contribution in [1.29, 1.82) is 0 Å². The molecule has 4 nitrogen and oxygen atoms in total. The Morgan fingerprint density at radius 1 is 1.00 bits per heavy atom. The van der Waals surface area contributed by atoms with E-state index in [1.54, 1.807) is 24.3 Å². The summed E-state index contributed by atoms with van der Waals surface area (Å²) in [7, 11) is 0. The highest BCUT2D eigenvalue weighted by Crippen LogP contribution is 2.33. The minimum Gasteiger partial charge on any atom is -0.455 e. The lowest BCUT2D eigenvalue weighted by molar-refractivity contribution is -0.121. The molecule has 0 unspecified atom stereocenters. The third-order valence-electron chi connectivity index (χ3n) is 5.46. The van der Waals surface area contributed by atoms with Crippen LogP contribution in [0.4, 0.5) is 5.69 Å². The Kier molecular flexibility index (Phi) is 7.59. The number of carbonyl (C=O) groups is 1. The van der Waals surface area contributed by atoms with Gasteiger partial charge in [-0.05, 0) is 67.4 Å². The molecule has 1 amide bonds. The molecule has 1 atom stereocenters. The largest absolute Gasteiger partial charge is 0.455 e. The molecule has 1 aliphatic rings. The summed E-state index contributed by atoms with van der Waals surface area (Å²) in [5.41, 5.74) is 1.56. The molecular formula is C25H23Cl3N2O2. The van der Waals surface area contributed by atoms with Crippen LogP contribution < -0.4 is 10.1 Å². The van der Waals surface area contributed by atoms with Gasteiger partial charge < -0.3 is 10.1 Å². The molecule has 32 heavy (non-hydrogen) atoms. The van der Waals surface area contributed by atoms with E-state index in [4.69, 9.17) is 39.5 Å². The summed E-state index contributed by atoms with van der Waals surface area (Å²) < 4.78 is 5.97. The maximum absolute atomic E-state index is 13.1. The number of hydrogen-bond donors (Lipinski definition) is 1. The minimum absolute atomic E-state index is 0.0444. The number of para-hydroxylation sites is 1. The zero-order valence-electron chi connectivity index (χ0n) is 17.4. The second kappa shape index (κ2) is 10.6. The summed E-state index contributed by atoms with van der Waals surface area (Å²) in [6.07, 6.45) is 1.76. The summed E-state index contributed by atoms with van der Waals surface area (Å²) in [4.78, 5) is 15.4. The van der Waals surface area contributed by atoms with Gasteiger partial charge in [0.25, 0.3) is 0 Å². The van der Waals surface area contributed by atoms with Crippen molar-refractivity contribution < 1.29 is 9.53 Å². The quantitative estimate of drug-likeness (QED) is 0.395. The number of likely N-dealkylation sites (tertiary alicyclic amines) is 1. The van der Waals surface area contributed by atoms with Crippen molar-refractivity contribution >= 4 is 46.4 Å². The summed E-state index contributed by atoms with van der Waals surface area (Å²) >= 11 is 18.5. The van der Waals surface area contributed by atoms with Crippen LogP contribution >= 0.6 is 34.8 Å². The van der Waals surface area contributed by atoms with Crippen LogP contribution in [0.5, 0.6) is 11.5 Å². The molecule has 0 aromatic heterocycles. The van der Waals surface area contributed by atoms with Gasteiger partial charge in [0.2, 0.25) is 5.91 Å². The first-order chi connectivity index (χ1) is 15.5. The van der Waals surface area contributed by atoms with Crippen molar-refractivity contribution in [3.8, 4) is 11.5 Å². The number of hydrogen-bond acceptors (Lipinski definition) is 3. The van der Waals surface area contributed by atoms with Crippen LogP contribution in [-0.2, 0) is 11.3 Å². The van der Waals surface area contributed by atoms with Gasteiger partial charge in [-0.2, -0.15) is 0 Å². The molecule has 0 bridgehead atoms. The lowest BCUT2D eigenvalue weighted by Crippen LogP contribution is -2.40. The summed E-state index contributed by atoms with van der Waals surface area (Å²) in [5.74, 6) is 1.05. The van der Waals surface area contributed by atoms with Crippen molar-refractivity contribution in [2.45, 2.75) is 19.4 Å². The number of anilines is 1. The molecule has 1 N–H and O–H groups in total. The van der Waals surface area contributed by atoms with E-state index < -0.39 is 0 Å². The van der Waals surface area contributed by atoms with Gasteiger partial charge >= 0.3 is 0 Å². The minimum atomic E-state index is -0.140. The average Bonchev–Trinajstić information content (AvgIpc) is 2.78. The maximum atomic E-state index is 13.1. The molecule has 1 fully saturated rings. The van der Waals surface area contributed by atoms with Crippen molar-refractivity contribution in [1.82, 2.24) is 4.90 Å². The third-order valence-corrected chi connectivity index (χ3v) is 6.28. The summed E-state index contributed by atoms with van der Waals surface area (Å²) in [6.45, 7) is 2.25. The first kappa shape index (κ1) is 22.9. The SMILES string of the molecule is O=C(Nc1cc(Cl)ccc1Oc1ccccc1)[C@@H]1CCCN(Cc2ccc(Cl)cc2Cl)C1. The second-order valence-corrected chi connectivity index (χ2v) is 9.13. The van der Waals surface area contributed by atoms with Gasteiger partial charge in [0.1, 0.15) is 5.75 Å². The van der Waals surface area contributed by atoms with Crippen molar-refractivity contribution in [3.63, 3.8) is 0 Å². The van der Waals surface area contributed by atoms with Gasteiger partial charge in [0, 0.05) is 28.2 Å². The number of piperidine rings is 1. The Labute approximate surface area is 203 Å². The van der Waals surface area contributed by atoms with E-state index in [1.165, 1.54) is 0 Å². The molecule has 166 valence electrons. The van der Waals surface area contributed by atoms with Crippen LogP contribution in [0.15, 0.2) is 66.7 Å². The number of rotatable bonds is 6. The fraction of sp³-hybridized carbons (Fsp3) is 0.240. The Morgan fingerprint density at radius 2 is 1.75 bits per heavy atom. The fourth-order valence-corrected chi connectivity index (χ4v) is 4.48. The Morgan fingerprint density at radius 3 is 2.53 bits per heavy atom. The van der Waals surface area contributed by atoms with Crippen LogP contribution in [0.25, 0.3) is 0 Å². The molecule has 1 heterocycles. The number of halogens is 3. The molecule has 0 spiro atoms. The molecule has 0 saturated carbocycles. The van der Waals surface area contributed by atoms with Crippen molar-refractivity contribution in [3.05, 3.63) is 87.4 Å². The third kappa shape index (κ3) is 5.96. The highest BCUT2D eigenvalue weighted by Gasteiger charge is 2.27. The van der Waals surface area contributed by atoms with Crippen LogP contribution in [0, 0.1) is 5.92 Å².